The summed E-state index contributed by atoms with van der Waals surface area (Å²) in [5, 5.41) is 2.93. The Balaban J connectivity index is 1.66. The summed E-state index contributed by atoms with van der Waals surface area (Å²) < 4.78 is 5.08. The topological polar surface area (TPSA) is 64.3 Å². The summed E-state index contributed by atoms with van der Waals surface area (Å²) >= 11 is 0. The van der Waals surface area contributed by atoms with E-state index in [0.29, 0.717) is 17.1 Å². The fraction of sp³-hybridized carbons (Fsp3) is 0.500. The Bertz CT molecular complexity index is 477. The number of nitrogen functional groups attached to an aromatic ring is 1. The van der Waals surface area contributed by atoms with E-state index in [2.05, 4.69) is 5.32 Å². The Morgan fingerprint density at radius 3 is 2.67 bits per heavy atom. The molecular weight excluding hydrogens is 228 g/mol. The summed E-state index contributed by atoms with van der Waals surface area (Å²) in [7, 11) is 1.60. The Kier molecular flexibility index (Phi) is 2.65. The second kappa shape index (κ2) is 4.19. The van der Waals surface area contributed by atoms with Crippen LogP contribution in [0.15, 0.2) is 18.2 Å². The van der Waals surface area contributed by atoms with E-state index in [9.17, 15) is 4.79 Å². The molecule has 2 aliphatic rings. The van der Waals surface area contributed by atoms with Crippen molar-refractivity contribution < 1.29 is 9.53 Å². The maximum absolute atomic E-state index is 12.1. The lowest BCUT2D eigenvalue weighted by molar-refractivity contribution is -0.120. The van der Waals surface area contributed by atoms with E-state index >= 15 is 0 Å². The minimum atomic E-state index is 0.110. The number of fused-ring (bicyclic) bond motifs is 1. The van der Waals surface area contributed by atoms with Crippen LogP contribution < -0.4 is 15.8 Å². The lowest BCUT2D eigenvalue weighted by Gasteiger charge is -2.14. The van der Waals surface area contributed by atoms with Gasteiger partial charge in [-0.2, -0.15) is 0 Å². The molecule has 0 aliphatic heterocycles. The Morgan fingerprint density at radius 2 is 2.06 bits per heavy atom. The highest BCUT2D eigenvalue weighted by Gasteiger charge is 2.47. The van der Waals surface area contributed by atoms with Gasteiger partial charge in [-0.05, 0) is 43.2 Å². The molecule has 2 fully saturated rings. The van der Waals surface area contributed by atoms with Gasteiger partial charge >= 0.3 is 0 Å². The van der Waals surface area contributed by atoms with Gasteiger partial charge in [-0.15, -0.1) is 0 Å². The maximum atomic E-state index is 12.1. The number of hydrogen-bond donors (Lipinski definition) is 2. The third-order valence-electron chi connectivity index (χ3n) is 4.13. The Morgan fingerprint density at radius 1 is 1.33 bits per heavy atom. The molecule has 4 nitrogen and oxygen atoms in total. The molecule has 2 unspecified atom stereocenters. The van der Waals surface area contributed by atoms with Gasteiger partial charge in [-0.1, -0.05) is 0 Å². The molecule has 0 spiro atoms. The van der Waals surface area contributed by atoms with Crippen molar-refractivity contribution in [3.63, 3.8) is 0 Å². The van der Waals surface area contributed by atoms with Gasteiger partial charge in [0.05, 0.1) is 18.5 Å². The van der Waals surface area contributed by atoms with Gasteiger partial charge < -0.3 is 15.8 Å². The first-order valence-corrected chi connectivity index (χ1v) is 6.41. The van der Waals surface area contributed by atoms with Gasteiger partial charge in [0, 0.05) is 12.0 Å². The summed E-state index contributed by atoms with van der Waals surface area (Å²) in [6.07, 6.45) is 3.42. The number of hydrogen-bond acceptors (Lipinski definition) is 3. The Labute approximate surface area is 107 Å². The highest BCUT2D eigenvalue weighted by molar-refractivity contribution is 5.95. The molecule has 0 aromatic heterocycles. The van der Waals surface area contributed by atoms with Gasteiger partial charge in [0.15, 0.2) is 0 Å². The van der Waals surface area contributed by atoms with Crippen LogP contribution in [0.3, 0.4) is 0 Å². The van der Waals surface area contributed by atoms with Crippen molar-refractivity contribution in [1.29, 1.82) is 0 Å². The first kappa shape index (κ1) is 11.4. The second-order valence-electron chi connectivity index (χ2n) is 5.37. The van der Waals surface area contributed by atoms with E-state index in [4.69, 9.17) is 10.5 Å². The maximum Gasteiger partial charge on any atom is 0.227 e. The zero-order valence-corrected chi connectivity index (χ0v) is 10.5. The minimum absolute atomic E-state index is 0.110. The van der Waals surface area contributed by atoms with Crippen molar-refractivity contribution in [3.05, 3.63) is 18.2 Å². The molecule has 1 amide bonds. The largest absolute Gasteiger partial charge is 0.497 e. The molecule has 96 valence electrons. The van der Waals surface area contributed by atoms with Gasteiger partial charge in [-0.3, -0.25) is 4.79 Å². The van der Waals surface area contributed by atoms with Crippen LogP contribution in [0.25, 0.3) is 0 Å². The molecule has 18 heavy (non-hydrogen) atoms. The molecule has 1 aromatic carbocycles. The van der Waals surface area contributed by atoms with E-state index in [0.717, 1.165) is 24.7 Å². The van der Waals surface area contributed by atoms with Gasteiger partial charge in [0.1, 0.15) is 5.75 Å². The van der Waals surface area contributed by atoms with E-state index in [1.54, 1.807) is 25.3 Å². The smallest absolute Gasteiger partial charge is 0.227 e. The molecule has 0 radical (unpaired) electrons. The third kappa shape index (κ3) is 2.03. The SMILES string of the molecule is COc1ccc(NC(=O)C2CC3CC3C2)c(N)c1. The van der Waals surface area contributed by atoms with Crippen molar-refractivity contribution in [2.75, 3.05) is 18.2 Å². The molecular formula is C14H18N2O2. The van der Waals surface area contributed by atoms with E-state index < -0.39 is 0 Å². The van der Waals surface area contributed by atoms with Crippen LogP contribution in [0.5, 0.6) is 5.75 Å². The summed E-state index contributed by atoms with van der Waals surface area (Å²) in [6.45, 7) is 0. The fourth-order valence-corrected chi connectivity index (χ4v) is 2.95. The number of anilines is 2. The second-order valence-corrected chi connectivity index (χ2v) is 5.37. The molecule has 0 bridgehead atoms. The third-order valence-corrected chi connectivity index (χ3v) is 4.13. The van der Waals surface area contributed by atoms with Gasteiger partial charge in [-0.25, -0.2) is 0 Å². The summed E-state index contributed by atoms with van der Waals surface area (Å²) in [5.74, 6) is 2.62. The number of nitrogens with one attached hydrogen (secondary N) is 1. The molecule has 0 saturated heterocycles. The van der Waals surface area contributed by atoms with Crippen LogP contribution in [-0.4, -0.2) is 13.0 Å². The monoisotopic (exact) mass is 246 g/mol. The van der Waals surface area contributed by atoms with Crippen molar-refractivity contribution in [2.45, 2.75) is 19.3 Å². The van der Waals surface area contributed by atoms with Crippen molar-refractivity contribution in [2.24, 2.45) is 17.8 Å². The number of ether oxygens (including phenoxy) is 1. The van der Waals surface area contributed by atoms with Crippen LogP contribution in [0.2, 0.25) is 0 Å². The van der Waals surface area contributed by atoms with E-state index in [1.165, 1.54) is 6.42 Å². The molecule has 1 aromatic rings. The summed E-state index contributed by atoms with van der Waals surface area (Å²) in [6, 6.07) is 5.32. The number of nitrogens with two attached hydrogens (primary N) is 1. The number of rotatable bonds is 3. The van der Waals surface area contributed by atoms with Gasteiger partial charge in [0.25, 0.3) is 0 Å². The zero-order chi connectivity index (χ0) is 12.7. The van der Waals surface area contributed by atoms with Gasteiger partial charge in [0.2, 0.25) is 5.91 Å². The van der Waals surface area contributed by atoms with Crippen LogP contribution in [-0.2, 0) is 4.79 Å². The predicted molar refractivity (Wildman–Crippen MR) is 70.4 cm³/mol. The van der Waals surface area contributed by atoms with E-state index in [-0.39, 0.29) is 11.8 Å². The first-order valence-electron chi connectivity index (χ1n) is 6.41. The Hall–Kier alpha value is -1.71. The quantitative estimate of drug-likeness (QED) is 0.804. The molecule has 3 rings (SSSR count). The highest BCUT2D eigenvalue weighted by atomic mass is 16.5. The van der Waals surface area contributed by atoms with Crippen LogP contribution in [0.1, 0.15) is 19.3 Å². The fourth-order valence-electron chi connectivity index (χ4n) is 2.95. The first-order chi connectivity index (χ1) is 8.67. The normalized spacial score (nSPS) is 28.6. The number of carbonyl (C=O) groups is 1. The molecule has 3 N–H and O–H groups in total. The molecule has 0 heterocycles. The van der Waals surface area contributed by atoms with Crippen molar-refractivity contribution >= 4 is 17.3 Å². The molecule has 4 heteroatoms. The predicted octanol–water partition coefficient (Wildman–Crippen LogP) is 2.26. The lowest BCUT2D eigenvalue weighted by Crippen LogP contribution is -2.22. The van der Waals surface area contributed by atoms with E-state index in [1.807, 2.05) is 0 Å². The van der Waals surface area contributed by atoms with Crippen LogP contribution in [0.4, 0.5) is 11.4 Å². The van der Waals surface area contributed by atoms with Crippen LogP contribution >= 0.6 is 0 Å². The highest BCUT2D eigenvalue weighted by Crippen LogP contribution is 2.54. The van der Waals surface area contributed by atoms with Crippen LogP contribution in [0, 0.1) is 17.8 Å². The van der Waals surface area contributed by atoms with Crippen molar-refractivity contribution in [1.82, 2.24) is 0 Å². The zero-order valence-electron chi connectivity index (χ0n) is 10.5. The summed E-state index contributed by atoms with van der Waals surface area (Å²) in [4.78, 5) is 12.1. The number of benzene rings is 1. The standard InChI is InChI=1S/C14H18N2O2/c1-18-11-2-3-13(12(15)7-11)16-14(17)10-5-8-4-9(8)6-10/h2-3,7-10H,4-6,15H2,1H3,(H,16,17). The average molecular weight is 246 g/mol. The minimum Gasteiger partial charge on any atom is -0.497 e. The van der Waals surface area contributed by atoms with Crippen molar-refractivity contribution in [3.8, 4) is 5.75 Å². The molecule has 2 saturated carbocycles. The molecule has 2 aliphatic carbocycles. The average Bonchev–Trinajstić information content (AvgIpc) is 2.98. The lowest BCUT2D eigenvalue weighted by atomic mass is 10.0. The number of carbonyl (C=O) groups excluding carboxylic acids is 1. The molecule has 2 atom stereocenters. The summed E-state index contributed by atoms with van der Waals surface area (Å²) in [5.41, 5.74) is 7.11. The number of methoxy groups -OCH3 is 1. The number of amides is 1.